The Kier molecular flexibility index (Phi) is 6.57. The average molecular weight is 321 g/mol. The number of methoxy groups -OCH3 is 1. The van der Waals surface area contributed by atoms with Gasteiger partial charge in [0.25, 0.3) is 5.91 Å². The van der Waals surface area contributed by atoms with Crippen LogP contribution < -0.4 is 0 Å². The monoisotopic (exact) mass is 321 g/mol. The largest absolute Gasteiger partial charge is 0.396 e. The van der Waals surface area contributed by atoms with Gasteiger partial charge in [-0.2, -0.15) is 0 Å². The molecule has 1 heterocycles. The first-order valence-corrected chi connectivity index (χ1v) is 8.23. The Morgan fingerprint density at radius 1 is 1.30 bits per heavy atom. The molecule has 0 bridgehead atoms. The van der Waals surface area contributed by atoms with Gasteiger partial charge in [0.2, 0.25) is 0 Å². The normalized spacial score (nSPS) is 21.4. The number of nitrogens with zero attached hydrogens (tertiary/aromatic N) is 1. The first kappa shape index (κ1) is 17.9. The molecule has 1 amide bonds. The summed E-state index contributed by atoms with van der Waals surface area (Å²) in [4.78, 5) is 14.5. The molecule has 5 heteroatoms. The van der Waals surface area contributed by atoms with Crippen LogP contribution >= 0.6 is 0 Å². The van der Waals surface area contributed by atoms with Gasteiger partial charge in [-0.05, 0) is 43.4 Å². The van der Waals surface area contributed by atoms with Crippen LogP contribution in [0.15, 0.2) is 24.3 Å². The van der Waals surface area contributed by atoms with Gasteiger partial charge < -0.3 is 19.8 Å². The lowest BCUT2D eigenvalue weighted by Crippen LogP contribution is -2.48. The minimum absolute atomic E-state index is 0.00115. The third-order valence-electron chi connectivity index (χ3n) is 4.72. The van der Waals surface area contributed by atoms with Gasteiger partial charge >= 0.3 is 0 Å². The van der Waals surface area contributed by atoms with Gasteiger partial charge in [0, 0.05) is 37.8 Å². The molecule has 1 atom stereocenters. The van der Waals surface area contributed by atoms with Crippen molar-refractivity contribution in [3.8, 4) is 0 Å². The van der Waals surface area contributed by atoms with Crippen LogP contribution in [0.5, 0.6) is 0 Å². The molecular weight excluding hydrogens is 294 g/mol. The number of benzene rings is 1. The van der Waals surface area contributed by atoms with Crippen LogP contribution in [-0.4, -0.2) is 54.4 Å². The number of ether oxygens (including phenoxy) is 1. The van der Waals surface area contributed by atoms with Gasteiger partial charge in [-0.25, -0.2) is 0 Å². The summed E-state index contributed by atoms with van der Waals surface area (Å²) in [6.07, 6.45) is 3.61. The van der Waals surface area contributed by atoms with E-state index in [0.717, 1.165) is 37.8 Å². The van der Waals surface area contributed by atoms with E-state index in [1.54, 1.807) is 31.4 Å². The summed E-state index contributed by atoms with van der Waals surface area (Å²) >= 11 is 0. The van der Waals surface area contributed by atoms with Crippen molar-refractivity contribution in [2.45, 2.75) is 32.3 Å². The standard InChI is InChI=1S/C18H27NO4/c1-23-11-3-9-18(14-21)8-2-10-19(13-18)17(22)16-6-4-15(12-20)5-7-16/h4-7,20-21H,2-3,8-14H2,1H3/t18-/m0/s1. The van der Waals surface area contributed by atoms with Gasteiger partial charge in [0.05, 0.1) is 13.2 Å². The van der Waals surface area contributed by atoms with Gasteiger partial charge in [-0.1, -0.05) is 12.1 Å². The number of piperidine rings is 1. The number of amides is 1. The van der Waals surface area contributed by atoms with Crippen molar-refractivity contribution in [1.82, 2.24) is 4.90 Å². The molecule has 2 rings (SSSR count). The molecule has 0 unspecified atom stereocenters. The smallest absolute Gasteiger partial charge is 0.253 e. The highest BCUT2D eigenvalue weighted by Gasteiger charge is 2.36. The lowest BCUT2D eigenvalue weighted by Gasteiger charge is -2.42. The molecule has 0 spiro atoms. The molecule has 1 aromatic rings. The minimum Gasteiger partial charge on any atom is -0.396 e. The van der Waals surface area contributed by atoms with E-state index in [1.807, 2.05) is 4.90 Å². The number of likely N-dealkylation sites (tertiary alicyclic amines) is 1. The van der Waals surface area contributed by atoms with Crippen molar-refractivity contribution in [2.24, 2.45) is 5.41 Å². The number of rotatable bonds is 7. The summed E-state index contributed by atoms with van der Waals surface area (Å²) in [5.74, 6) is -0.00115. The Balaban J connectivity index is 2.04. The Morgan fingerprint density at radius 3 is 2.65 bits per heavy atom. The fourth-order valence-electron chi connectivity index (χ4n) is 3.32. The lowest BCUT2D eigenvalue weighted by atomic mass is 9.77. The van der Waals surface area contributed by atoms with Crippen molar-refractivity contribution in [2.75, 3.05) is 33.4 Å². The molecule has 0 saturated carbocycles. The first-order chi connectivity index (χ1) is 11.1. The number of aliphatic hydroxyl groups excluding tert-OH is 2. The fourth-order valence-corrected chi connectivity index (χ4v) is 3.32. The van der Waals surface area contributed by atoms with Crippen LogP contribution in [0.2, 0.25) is 0 Å². The summed E-state index contributed by atoms with van der Waals surface area (Å²) in [6.45, 7) is 2.08. The molecule has 1 aliphatic rings. The molecule has 1 saturated heterocycles. The van der Waals surface area contributed by atoms with Crippen molar-refractivity contribution in [3.63, 3.8) is 0 Å². The highest BCUT2D eigenvalue weighted by molar-refractivity contribution is 5.94. The maximum absolute atomic E-state index is 12.7. The second kappa shape index (κ2) is 8.43. The molecule has 1 aromatic carbocycles. The van der Waals surface area contributed by atoms with E-state index < -0.39 is 0 Å². The second-order valence-corrected chi connectivity index (χ2v) is 6.44. The first-order valence-electron chi connectivity index (χ1n) is 8.23. The van der Waals surface area contributed by atoms with Crippen LogP contribution in [0, 0.1) is 5.41 Å². The summed E-state index contributed by atoms with van der Waals surface area (Å²) < 4.78 is 5.11. The predicted octanol–water partition coefficient (Wildman–Crippen LogP) is 1.82. The van der Waals surface area contributed by atoms with E-state index >= 15 is 0 Å². The lowest BCUT2D eigenvalue weighted by molar-refractivity contribution is 0.0180. The quantitative estimate of drug-likeness (QED) is 0.752. The Bertz CT molecular complexity index is 502. The van der Waals surface area contributed by atoms with Crippen LogP contribution in [-0.2, 0) is 11.3 Å². The molecule has 23 heavy (non-hydrogen) atoms. The summed E-state index contributed by atoms with van der Waals surface area (Å²) in [5.41, 5.74) is 1.22. The van der Waals surface area contributed by atoms with Crippen LogP contribution in [0.1, 0.15) is 41.6 Å². The van der Waals surface area contributed by atoms with E-state index in [9.17, 15) is 9.90 Å². The molecule has 2 N–H and O–H groups in total. The summed E-state index contributed by atoms with van der Waals surface area (Å²) in [7, 11) is 1.68. The zero-order chi connectivity index (χ0) is 16.7. The van der Waals surface area contributed by atoms with Gasteiger partial charge in [-0.15, -0.1) is 0 Å². The van der Waals surface area contributed by atoms with E-state index in [0.29, 0.717) is 18.7 Å². The fraction of sp³-hybridized carbons (Fsp3) is 0.611. The summed E-state index contributed by atoms with van der Waals surface area (Å²) in [5, 5.41) is 19.0. The van der Waals surface area contributed by atoms with Crippen molar-refractivity contribution >= 4 is 5.91 Å². The maximum Gasteiger partial charge on any atom is 0.253 e. The van der Waals surface area contributed by atoms with Crippen LogP contribution in [0.4, 0.5) is 0 Å². The molecule has 0 aromatic heterocycles. The average Bonchev–Trinajstić information content (AvgIpc) is 2.61. The molecule has 0 radical (unpaired) electrons. The SMILES string of the molecule is COCCC[C@@]1(CO)CCCN(C(=O)c2ccc(CO)cc2)C1. The van der Waals surface area contributed by atoms with Gasteiger partial charge in [0.1, 0.15) is 0 Å². The minimum atomic E-state index is -0.211. The molecule has 1 fully saturated rings. The van der Waals surface area contributed by atoms with Gasteiger partial charge in [0.15, 0.2) is 0 Å². The molecule has 1 aliphatic heterocycles. The van der Waals surface area contributed by atoms with Crippen molar-refractivity contribution in [3.05, 3.63) is 35.4 Å². The highest BCUT2D eigenvalue weighted by atomic mass is 16.5. The van der Waals surface area contributed by atoms with Gasteiger partial charge in [-0.3, -0.25) is 4.79 Å². The number of hydrogen-bond acceptors (Lipinski definition) is 4. The highest BCUT2D eigenvalue weighted by Crippen LogP contribution is 2.34. The number of hydrogen-bond donors (Lipinski definition) is 2. The second-order valence-electron chi connectivity index (χ2n) is 6.44. The zero-order valence-corrected chi connectivity index (χ0v) is 13.8. The number of carbonyl (C=O) groups is 1. The van der Waals surface area contributed by atoms with Crippen molar-refractivity contribution in [1.29, 1.82) is 0 Å². The topological polar surface area (TPSA) is 70.0 Å². The summed E-state index contributed by atoms with van der Waals surface area (Å²) in [6, 6.07) is 7.06. The van der Waals surface area contributed by atoms with E-state index in [2.05, 4.69) is 0 Å². The maximum atomic E-state index is 12.7. The Labute approximate surface area is 137 Å². The molecule has 128 valence electrons. The number of aliphatic hydroxyl groups is 2. The zero-order valence-electron chi connectivity index (χ0n) is 13.8. The molecule has 0 aliphatic carbocycles. The Morgan fingerprint density at radius 2 is 2.04 bits per heavy atom. The van der Waals surface area contributed by atoms with Crippen molar-refractivity contribution < 1.29 is 19.7 Å². The Hall–Kier alpha value is -1.43. The third kappa shape index (κ3) is 4.53. The van der Waals surface area contributed by atoms with Crippen LogP contribution in [0.25, 0.3) is 0 Å². The van der Waals surface area contributed by atoms with Crippen LogP contribution in [0.3, 0.4) is 0 Å². The molecule has 5 nitrogen and oxygen atoms in total. The van der Waals surface area contributed by atoms with E-state index in [4.69, 9.17) is 9.84 Å². The van der Waals surface area contributed by atoms with E-state index in [1.165, 1.54) is 0 Å². The third-order valence-corrected chi connectivity index (χ3v) is 4.72. The van der Waals surface area contributed by atoms with E-state index in [-0.39, 0.29) is 24.5 Å². The molecular formula is C18H27NO4. The number of carbonyl (C=O) groups excluding carboxylic acids is 1. The predicted molar refractivity (Wildman–Crippen MR) is 88.1 cm³/mol.